The van der Waals surface area contributed by atoms with Crippen molar-refractivity contribution in [1.29, 1.82) is 5.26 Å². The summed E-state index contributed by atoms with van der Waals surface area (Å²) in [5, 5.41) is 13.3. The van der Waals surface area contributed by atoms with Crippen LogP contribution in [0.4, 0.5) is 10.2 Å². The van der Waals surface area contributed by atoms with Crippen molar-refractivity contribution in [1.82, 2.24) is 9.78 Å². The third kappa shape index (κ3) is 2.60. The van der Waals surface area contributed by atoms with Crippen molar-refractivity contribution in [2.24, 2.45) is 7.05 Å². The molecule has 108 valence electrons. The van der Waals surface area contributed by atoms with Gasteiger partial charge < -0.3 is 9.64 Å². The van der Waals surface area contributed by atoms with E-state index in [0.29, 0.717) is 25.3 Å². The third-order valence-corrected chi connectivity index (χ3v) is 3.64. The third-order valence-electron chi connectivity index (χ3n) is 3.64. The van der Waals surface area contributed by atoms with Crippen LogP contribution in [-0.2, 0) is 11.8 Å². The molecule has 2 aromatic rings. The molecule has 2 heterocycles. The van der Waals surface area contributed by atoms with E-state index in [-0.39, 0.29) is 11.9 Å². The van der Waals surface area contributed by atoms with Crippen molar-refractivity contribution in [3.8, 4) is 6.07 Å². The van der Waals surface area contributed by atoms with Crippen molar-refractivity contribution < 1.29 is 9.13 Å². The average Bonchev–Trinajstić information content (AvgIpc) is 2.89. The van der Waals surface area contributed by atoms with Crippen LogP contribution in [0.25, 0.3) is 0 Å². The Kier molecular flexibility index (Phi) is 3.59. The molecule has 5 nitrogen and oxygen atoms in total. The van der Waals surface area contributed by atoms with Gasteiger partial charge in [-0.3, -0.25) is 4.68 Å². The zero-order chi connectivity index (χ0) is 14.8. The van der Waals surface area contributed by atoms with Gasteiger partial charge in [-0.25, -0.2) is 4.39 Å². The first-order chi connectivity index (χ1) is 10.2. The quantitative estimate of drug-likeness (QED) is 0.847. The number of hydrogen-bond acceptors (Lipinski definition) is 4. The van der Waals surface area contributed by atoms with Crippen molar-refractivity contribution >= 4 is 5.82 Å². The molecule has 1 aromatic heterocycles. The smallest absolute Gasteiger partial charge is 0.144 e. The Hall–Kier alpha value is -2.39. The highest BCUT2D eigenvalue weighted by Gasteiger charge is 2.25. The summed E-state index contributed by atoms with van der Waals surface area (Å²) >= 11 is 0. The number of aryl methyl sites for hydroxylation is 1. The van der Waals surface area contributed by atoms with Crippen LogP contribution in [0.2, 0.25) is 0 Å². The van der Waals surface area contributed by atoms with Gasteiger partial charge in [-0.05, 0) is 17.7 Å². The van der Waals surface area contributed by atoms with Gasteiger partial charge in [0.2, 0.25) is 0 Å². The fraction of sp³-hybridized carbons (Fsp3) is 0.333. The van der Waals surface area contributed by atoms with Crippen LogP contribution in [0.15, 0.2) is 30.5 Å². The summed E-state index contributed by atoms with van der Waals surface area (Å²) in [7, 11) is 1.82. The Labute approximate surface area is 122 Å². The lowest BCUT2D eigenvalue weighted by Crippen LogP contribution is -2.39. The Balaban J connectivity index is 1.84. The van der Waals surface area contributed by atoms with Gasteiger partial charge in [0.25, 0.3) is 0 Å². The second-order valence-corrected chi connectivity index (χ2v) is 4.97. The molecule has 0 amide bonds. The Bertz CT molecular complexity index is 674. The standard InChI is InChI=1S/C15H15FN4O/c1-19-15(12(8-17)9-18-19)20-6-7-21-14(10-20)11-2-4-13(16)5-3-11/h2-5,9,14H,6-7,10H2,1H3. The predicted molar refractivity (Wildman–Crippen MR) is 75.2 cm³/mol. The maximum atomic E-state index is 13.0. The number of nitrogens with zero attached hydrogens (tertiary/aromatic N) is 4. The van der Waals surface area contributed by atoms with E-state index >= 15 is 0 Å². The number of aromatic nitrogens is 2. The van der Waals surface area contributed by atoms with Crippen LogP contribution in [0, 0.1) is 17.1 Å². The van der Waals surface area contributed by atoms with Crippen molar-refractivity contribution in [2.45, 2.75) is 6.10 Å². The van der Waals surface area contributed by atoms with Gasteiger partial charge in [-0.2, -0.15) is 10.4 Å². The fourth-order valence-corrected chi connectivity index (χ4v) is 2.61. The van der Waals surface area contributed by atoms with Gasteiger partial charge in [-0.1, -0.05) is 12.1 Å². The minimum absolute atomic E-state index is 0.138. The summed E-state index contributed by atoms with van der Waals surface area (Å²) in [5.41, 5.74) is 1.49. The summed E-state index contributed by atoms with van der Waals surface area (Å²) in [4.78, 5) is 2.09. The number of ether oxygens (including phenoxy) is 1. The van der Waals surface area contributed by atoms with Crippen LogP contribution in [0.3, 0.4) is 0 Å². The molecule has 0 bridgehead atoms. The summed E-state index contributed by atoms with van der Waals surface area (Å²) in [5.74, 6) is 0.540. The second-order valence-electron chi connectivity index (χ2n) is 4.97. The van der Waals surface area contributed by atoms with Crippen molar-refractivity contribution in [3.05, 3.63) is 47.4 Å². The number of morpholine rings is 1. The van der Waals surface area contributed by atoms with E-state index in [4.69, 9.17) is 4.74 Å². The molecule has 1 unspecified atom stereocenters. The van der Waals surface area contributed by atoms with Crippen molar-refractivity contribution in [3.63, 3.8) is 0 Å². The lowest BCUT2D eigenvalue weighted by atomic mass is 10.1. The lowest BCUT2D eigenvalue weighted by molar-refractivity contribution is 0.0392. The van der Waals surface area contributed by atoms with E-state index in [1.165, 1.54) is 12.1 Å². The van der Waals surface area contributed by atoms with Crippen LogP contribution in [0.5, 0.6) is 0 Å². The first-order valence-corrected chi connectivity index (χ1v) is 6.73. The van der Waals surface area contributed by atoms with Gasteiger partial charge in [-0.15, -0.1) is 0 Å². The van der Waals surface area contributed by atoms with Crippen LogP contribution >= 0.6 is 0 Å². The molecule has 1 aliphatic heterocycles. The number of hydrogen-bond donors (Lipinski definition) is 0. The van der Waals surface area contributed by atoms with Crippen LogP contribution in [0.1, 0.15) is 17.2 Å². The minimum atomic E-state index is -0.259. The normalized spacial score (nSPS) is 18.5. The molecule has 1 atom stereocenters. The van der Waals surface area contributed by atoms with E-state index in [9.17, 15) is 9.65 Å². The topological polar surface area (TPSA) is 54.1 Å². The molecule has 0 spiro atoms. The monoisotopic (exact) mass is 286 g/mol. The zero-order valence-corrected chi connectivity index (χ0v) is 11.7. The summed E-state index contributed by atoms with van der Waals surface area (Å²) in [6.45, 7) is 1.86. The van der Waals surface area contributed by atoms with Gasteiger partial charge in [0.05, 0.1) is 12.8 Å². The Morgan fingerprint density at radius 2 is 2.14 bits per heavy atom. The molecule has 6 heteroatoms. The highest BCUT2D eigenvalue weighted by atomic mass is 19.1. The molecule has 21 heavy (non-hydrogen) atoms. The van der Waals surface area contributed by atoms with Crippen molar-refractivity contribution in [2.75, 3.05) is 24.6 Å². The first-order valence-electron chi connectivity index (χ1n) is 6.73. The van der Waals surface area contributed by atoms with Gasteiger partial charge in [0, 0.05) is 20.1 Å². The molecule has 0 N–H and O–H groups in total. The number of anilines is 1. The lowest BCUT2D eigenvalue weighted by Gasteiger charge is -2.34. The van der Waals surface area contributed by atoms with E-state index in [1.807, 2.05) is 7.05 Å². The fourth-order valence-electron chi connectivity index (χ4n) is 2.61. The van der Waals surface area contributed by atoms with Gasteiger partial charge in [0.15, 0.2) is 0 Å². The number of halogens is 1. The van der Waals surface area contributed by atoms with Gasteiger partial charge in [0.1, 0.15) is 29.4 Å². The molecule has 1 aliphatic rings. The minimum Gasteiger partial charge on any atom is -0.370 e. The van der Waals surface area contributed by atoms with Crippen LogP contribution < -0.4 is 4.90 Å². The average molecular weight is 286 g/mol. The first kappa shape index (κ1) is 13.6. The van der Waals surface area contributed by atoms with Crippen LogP contribution in [-0.4, -0.2) is 29.5 Å². The van der Waals surface area contributed by atoms with E-state index < -0.39 is 0 Å². The molecular weight excluding hydrogens is 271 g/mol. The Morgan fingerprint density at radius 1 is 1.38 bits per heavy atom. The molecule has 0 radical (unpaired) electrons. The highest BCUT2D eigenvalue weighted by Crippen LogP contribution is 2.27. The SMILES string of the molecule is Cn1ncc(C#N)c1N1CCOC(c2ccc(F)cc2)C1. The van der Waals surface area contributed by atoms with Gasteiger partial charge >= 0.3 is 0 Å². The molecule has 1 aromatic carbocycles. The number of nitriles is 1. The number of rotatable bonds is 2. The summed E-state index contributed by atoms with van der Waals surface area (Å²) in [6.07, 6.45) is 1.43. The predicted octanol–water partition coefficient (Wildman–Crippen LogP) is 2.01. The van der Waals surface area contributed by atoms with E-state index in [1.54, 1.807) is 23.0 Å². The molecular formula is C15H15FN4O. The largest absolute Gasteiger partial charge is 0.370 e. The molecule has 0 aliphatic carbocycles. The molecule has 1 fully saturated rings. The second kappa shape index (κ2) is 5.54. The molecule has 3 rings (SSSR count). The zero-order valence-electron chi connectivity index (χ0n) is 11.7. The highest BCUT2D eigenvalue weighted by molar-refractivity contribution is 5.54. The summed E-state index contributed by atoms with van der Waals surface area (Å²) in [6, 6.07) is 8.49. The van der Waals surface area contributed by atoms with E-state index in [2.05, 4.69) is 16.1 Å². The summed E-state index contributed by atoms with van der Waals surface area (Å²) < 4.78 is 20.5. The maximum Gasteiger partial charge on any atom is 0.144 e. The number of benzene rings is 1. The van der Waals surface area contributed by atoms with E-state index in [0.717, 1.165) is 11.4 Å². The maximum absolute atomic E-state index is 13.0. The molecule has 1 saturated heterocycles. The Morgan fingerprint density at radius 3 is 2.86 bits per heavy atom. The molecule has 0 saturated carbocycles.